The zero-order valence-electron chi connectivity index (χ0n) is 23.3. The fourth-order valence-corrected chi connectivity index (χ4v) is 9.60. The first-order valence-electron chi connectivity index (χ1n) is 13.4. The Morgan fingerprint density at radius 2 is 1.83 bits per heavy atom. The summed E-state index contributed by atoms with van der Waals surface area (Å²) in [5.74, 6) is 2.23. The minimum Gasteiger partial charge on any atom is -0.480 e. The molecule has 0 aromatic rings. The van der Waals surface area contributed by atoms with E-state index in [1.54, 1.807) is 0 Å². The molecule has 0 aromatic carbocycles. The lowest BCUT2D eigenvalue weighted by Gasteiger charge is -2.36. The van der Waals surface area contributed by atoms with Crippen LogP contribution < -0.4 is 0 Å². The molecule has 36 heavy (non-hydrogen) atoms. The second-order valence-corrected chi connectivity index (χ2v) is 17.1. The van der Waals surface area contributed by atoms with Gasteiger partial charge >= 0.3 is 17.4 Å². The maximum absolute atomic E-state index is 9.44. The van der Waals surface area contributed by atoms with Crippen molar-refractivity contribution in [2.24, 2.45) is 22.2 Å². The first-order valence-corrected chi connectivity index (χ1v) is 19.6. The molecule has 12 heteroatoms. The van der Waals surface area contributed by atoms with E-state index in [9.17, 15) is 5.11 Å². The molecular weight excluding hydrogens is 535 g/mol. The molecule has 0 saturated carbocycles. The van der Waals surface area contributed by atoms with Gasteiger partial charge in [0.15, 0.2) is 5.90 Å². The van der Waals surface area contributed by atoms with E-state index < -0.39 is 17.4 Å². The summed E-state index contributed by atoms with van der Waals surface area (Å²) >= 11 is 5.78. The molecule has 1 fully saturated rings. The summed E-state index contributed by atoms with van der Waals surface area (Å²) in [5, 5.41) is 9.44. The van der Waals surface area contributed by atoms with Gasteiger partial charge in [-0.05, 0) is 49.6 Å². The van der Waals surface area contributed by atoms with E-state index in [2.05, 4.69) is 44.3 Å². The standard InChI is InChI=1S/C24H51NO7S2Si2/c1-7-10-24(25-34-5)27-11-8-13-35(6,28-16-21(2)15-26)29-17-22(3)18-30-36(14-9-12-33)31-19-23(4)20-32-36/h21-23,26,33H,7-20H2,1-6H3. The predicted molar refractivity (Wildman–Crippen MR) is 156 cm³/mol. The molecule has 0 aromatic heterocycles. The van der Waals surface area contributed by atoms with Crippen molar-refractivity contribution in [2.45, 2.75) is 72.0 Å². The molecule has 0 aliphatic carbocycles. The minimum absolute atomic E-state index is 0.0722. The smallest absolute Gasteiger partial charge is 0.480 e. The molecule has 3 unspecified atom stereocenters. The van der Waals surface area contributed by atoms with Gasteiger partial charge in [0.05, 0.1) is 6.61 Å². The molecule has 1 N–H and O–H groups in total. The molecule has 1 saturated heterocycles. The van der Waals surface area contributed by atoms with Crippen LogP contribution in [0.5, 0.6) is 0 Å². The fraction of sp³-hybridized carbons (Fsp3) is 0.958. The molecule has 8 nitrogen and oxygen atoms in total. The summed E-state index contributed by atoms with van der Waals surface area (Å²) in [4.78, 5) is 0. The van der Waals surface area contributed by atoms with Crippen molar-refractivity contribution in [1.82, 2.24) is 0 Å². The third-order valence-corrected chi connectivity index (χ3v) is 12.1. The predicted octanol–water partition coefficient (Wildman–Crippen LogP) is 5.20. The highest BCUT2D eigenvalue weighted by Crippen LogP contribution is 2.26. The van der Waals surface area contributed by atoms with Gasteiger partial charge in [0.1, 0.15) is 0 Å². The molecule has 1 aliphatic rings. The molecule has 1 heterocycles. The van der Waals surface area contributed by atoms with Crippen LogP contribution in [0.2, 0.25) is 18.6 Å². The normalized spacial score (nSPS) is 24.3. The molecule has 0 amide bonds. The number of hydrogen-bond donors (Lipinski definition) is 2. The largest absolute Gasteiger partial charge is 0.501 e. The lowest BCUT2D eigenvalue weighted by molar-refractivity contribution is -0.0136. The van der Waals surface area contributed by atoms with Gasteiger partial charge in [-0.2, -0.15) is 17.0 Å². The first-order chi connectivity index (χ1) is 17.2. The third kappa shape index (κ3) is 14.5. The third-order valence-electron chi connectivity index (χ3n) is 5.76. The monoisotopic (exact) mass is 585 g/mol. The van der Waals surface area contributed by atoms with Crippen molar-refractivity contribution in [1.29, 1.82) is 0 Å². The van der Waals surface area contributed by atoms with Crippen LogP contribution in [0.3, 0.4) is 0 Å². The highest BCUT2D eigenvalue weighted by atomic mass is 32.2. The summed E-state index contributed by atoms with van der Waals surface area (Å²) in [6.07, 6.45) is 5.54. The summed E-state index contributed by atoms with van der Waals surface area (Å²) in [6.45, 7) is 14.1. The Hall–Kier alpha value is 0.364. The number of aliphatic hydroxyl groups excluding tert-OH is 1. The van der Waals surface area contributed by atoms with Crippen LogP contribution in [-0.2, 0) is 26.9 Å². The SMILES string of the molecule is CCCC(=NSC)OCCC[Si](C)(OCC(C)CO)OCC(C)CO[Si]1(CCCS)OCC(C)CO1. The van der Waals surface area contributed by atoms with E-state index in [0.29, 0.717) is 45.6 Å². The second kappa shape index (κ2) is 19.4. The van der Waals surface area contributed by atoms with E-state index in [1.165, 1.54) is 11.9 Å². The van der Waals surface area contributed by atoms with Crippen LogP contribution in [0.15, 0.2) is 4.40 Å². The van der Waals surface area contributed by atoms with Crippen molar-refractivity contribution in [3.05, 3.63) is 0 Å². The first kappa shape index (κ1) is 34.4. The Morgan fingerprint density at radius 3 is 2.42 bits per heavy atom. The van der Waals surface area contributed by atoms with E-state index in [4.69, 9.17) is 26.9 Å². The lowest BCUT2D eigenvalue weighted by Crippen LogP contribution is -2.52. The summed E-state index contributed by atoms with van der Waals surface area (Å²) in [6, 6.07) is 1.60. The summed E-state index contributed by atoms with van der Waals surface area (Å²) in [5.41, 5.74) is 0. The highest BCUT2D eigenvalue weighted by Gasteiger charge is 2.44. The van der Waals surface area contributed by atoms with Gasteiger partial charge in [-0.25, -0.2) is 0 Å². The average molecular weight is 586 g/mol. The van der Waals surface area contributed by atoms with Crippen LogP contribution >= 0.6 is 24.6 Å². The van der Waals surface area contributed by atoms with Gasteiger partial charge in [0.25, 0.3) is 0 Å². The summed E-state index contributed by atoms with van der Waals surface area (Å²) in [7, 11) is -5.12. The van der Waals surface area contributed by atoms with Crippen molar-refractivity contribution in [3.8, 4) is 0 Å². The van der Waals surface area contributed by atoms with Gasteiger partial charge < -0.3 is 32.0 Å². The van der Waals surface area contributed by atoms with E-state index >= 15 is 0 Å². The quantitative estimate of drug-likeness (QED) is 0.0504. The van der Waals surface area contributed by atoms with E-state index in [0.717, 1.165) is 49.4 Å². The Balaban J connectivity index is 2.61. The van der Waals surface area contributed by atoms with E-state index in [-0.39, 0.29) is 18.4 Å². The van der Waals surface area contributed by atoms with Crippen LogP contribution in [0.1, 0.15) is 53.4 Å². The zero-order chi connectivity index (χ0) is 26.9. The Kier molecular flexibility index (Phi) is 18.6. The van der Waals surface area contributed by atoms with E-state index in [1.807, 2.05) is 13.2 Å². The van der Waals surface area contributed by atoms with Crippen LogP contribution in [-0.4, -0.2) is 86.6 Å². The minimum atomic E-state index is -2.65. The van der Waals surface area contributed by atoms with Gasteiger partial charge in [-0.1, -0.05) is 27.7 Å². The number of rotatable bonds is 20. The number of aliphatic hydroxyl groups is 1. The number of nitrogens with zero attached hydrogens (tertiary/aromatic N) is 1. The molecule has 1 rings (SSSR count). The zero-order valence-corrected chi connectivity index (χ0v) is 27.0. The van der Waals surface area contributed by atoms with Crippen molar-refractivity contribution < 1.29 is 32.0 Å². The molecule has 214 valence electrons. The summed E-state index contributed by atoms with van der Waals surface area (Å²) < 4.78 is 41.6. The Bertz CT molecular complexity index is 595. The van der Waals surface area contributed by atoms with Crippen LogP contribution in [0.4, 0.5) is 0 Å². The van der Waals surface area contributed by atoms with Gasteiger partial charge in [-0.3, -0.25) is 0 Å². The molecular formula is C24H51NO7S2Si2. The molecule has 0 bridgehead atoms. The molecule has 1 aliphatic heterocycles. The molecule has 3 atom stereocenters. The molecule has 0 radical (unpaired) electrons. The second-order valence-electron chi connectivity index (χ2n) is 10.1. The van der Waals surface area contributed by atoms with Crippen molar-refractivity contribution in [3.63, 3.8) is 0 Å². The van der Waals surface area contributed by atoms with Gasteiger partial charge in [0, 0.05) is 76.1 Å². The topological polar surface area (TPSA) is 88.0 Å². The Morgan fingerprint density at radius 1 is 1.17 bits per heavy atom. The fourth-order valence-electron chi connectivity index (χ4n) is 3.46. The van der Waals surface area contributed by atoms with Crippen molar-refractivity contribution in [2.75, 3.05) is 58.3 Å². The molecule has 0 spiro atoms. The number of thiol groups is 1. The maximum Gasteiger partial charge on any atom is 0.501 e. The maximum atomic E-state index is 9.44. The van der Waals surface area contributed by atoms with Gasteiger partial charge in [0.2, 0.25) is 0 Å². The Labute approximate surface area is 231 Å². The lowest BCUT2D eigenvalue weighted by atomic mass is 10.2. The van der Waals surface area contributed by atoms with Crippen molar-refractivity contribution >= 4 is 47.8 Å². The average Bonchev–Trinajstić information content (AvgIpc) is 2.88. The van der Waals surface area contributed by atoms with Crippen LogP contribution in [0, 0.1) is 17.8 Å². The number of ether oxygens (including phenoxy) is 1. The highest BCUT2D eigenvalue weighted by molar-refractivity contribution is 7.97. The number of hydrogen-bond acceptors (Lipinski definition) is 10. The van der Waals surface area contributed by atoms with Gasteiger partial charge in [-0.15, -0.1) is 0 Å². The van der Waals surface area contributed by atoms with Crippen LogP contribution in [0.25, 0.3) is 0 Å².